The number of carboxylic acid groups (broad SMARTS) is 1. The van der Waals surface area contributed by atoms with Crippen molar-refractivity contribution in [3.63, 3.8) is 0 Å². The molecular formula is C16H18N4O4. The van der Waals surface area contributed by atoms with E-state index in [4.69, 9.17) is 5.11 Å². The van der Waals surface area contributed by atoms with Crippen LogP contribution in [0.1, 0.15) is 40.6 Å². The van der Waals surface area contributed by atoms with Crippen molar-refractivity contribution in [1.29, 1.82) is 0 Å². The Balaban J connectivity index is 1.61. The Kier molecular flexibility index (Phi) is 4.45. The maximum absolute atomic E-state index is 12.4. The van der Waals surface area contributed by atoms with Gasteiger partial charge in [0.05, 0.1) is 12.1 Å². The topological polar surface area (TPSA) is 119 Å². The average molecular weight is 330 g/mol. The maximum atomic E-state index is 12.4. The lowest BCUT2D eigenvalue weighted by atomic mass is 9.93. The molecule has 1 amide bonds. The fourth-order valence-electron chi connectivity index (χ4n) is 2.93. The van der Waals surface area contributed by atoms with Gasteiger partial charge >= 0.3 is 5.97 Å². The number of aromatic nitrogens is 3. The first-order chi connectivity index (χ1) is 11.5. The second-order valence-corrected chi connectivity index (χ2v) is 5.83. The lowest BCUT2D eigenvalue weighted by molar-refractivity contribution is -0.136. The van der Waals surface area contributed by atoms with E-state index in [0.717, 1.165) is 18.5 Å². The Morgan fingerprint density at radius 1 is 1.33 bits per heavy atom. The van der Waals surface area contributed by atoms with Gasteiger partial charge < -0.3 is 15.1 Å². The highest BCUT2D eigenvalue weighted by Crippen LogP contribution is 2.28. The van der Waals surface area contributed by atoms with Crippen LogP contribution < -0.4 is 0 Å². The van der Waals surface area contributed by atoms with Gasteiger partial charge in [-0.2, -0.15) is 5.10 Å². The van der Waals surface area contributed by atoms with Crippen molar-refractivity contribution in [2.24, 2.45) is 0 Å². The van der Waals surface area contributed by atoms with Crippen LogP contribution in [-0.2, 0) is 11.2 Å². The van der Waals surface area contributed by atoms with Crippen LogP contribution in [0, 0.1) is 0 Å². The lowest BCUT2D eigenvalue weighted by Crippen LogP contribution is -2.38. The van der Waals surface area contributed by atoms with Crippen LogP contribution in [-0.4, -0.2) is 55.3 Å². The largest absolute Gasteiger partial charge is 0.505 e. The zero-order valence-electron chi connectivity index (χ0n) is 13.0. The molecule has 126 valence electrons. The number of nitrogens with zero attached hydrogens (tertiary/aromatic N) is 3. The van der Waals surface area contributed by atoms with Crippen LogP contribution in [0.25, 0.3) is 0 Å². The number of hydrogen-bond donors (Lipinski definition) is 3. The minimum Gasteiger partial charge on any atom is -0.505 e. The van der Waals surface area contributed by atoms with Crippen molar-refractivity contribution in [2.75, 3.05) is 13.1 Å². The van der Waals surface area contributed by atoms with Gasteiger partial charge in [-0.15, -0.1) is 0 Å². The van der Waals surface area contributed by atoms with Crippen molar-refractivity contribution in [1.82, 2.24) is 20.1 Å². The monoisotopic (exact) mass is 330 g/mol. The quantitative estimate of drug-likeness (QED) is 0.774. The fourth-order valence-corrected chi connectivity index (χ4v) is 2.93. The van der Waals surface area contributed by atoms with Crippen LogP contribution in [0.3, 0.4) is 0 Å². The van der Waals surface area contributed by atoms with E-state index in [1.807, 2.05) is 0 Å². The fraction of sp³-hybridized carbons (Fsp3) is 0.375. The first kappa shape index (κ1) is 16.0. The Labute approximate surface area is 138 Å². The molecule has 1 aliphatic rings. The van der Waals surface area contributed by atoms with Crippen molar-refractivity contribution in [3.8, 4) is 5.75 Å². The molecule has 8 nitrogen and oxygen atoms in total. The van der Waals surface area contributed by atoms with Crippen molar-refractivity contribution >= 4 is 11.9 Å². The molecular weight excluding hydrogens is 312 g/mol. The summed E-state index contributed by atoms with van der Waals surface area (Å²) in [6.07, 6.45) is 2.87. The number of rotatable bonds is 4. The number of aliphatic carboxylic acids is 1. The van der Waals surface area contributed by atoms with Crippen molar-refractivity contribution < 1.29 is 19.8 Å². The van der Waals surface area contributed by atoms with E-state index in [-0.39, 0.29) is 29.7 Å². The van der Waals surface area contributed by atoms with Crippen LogP contribution in [0.2, 0.25) is 0 Å². The van der Waals surface area contributed by atoms with Crippen LogP contribution in [0.5, 0.6) is 5.75 Å². The number of likely N-dealkylation sites (tertiary alicyclic amines) is 1. The van der Waals surface area contributed by atoms with Crippen LogP contribution >= 0.6 is 0 Å². The zero-order chi connectivity index (χ0) is 17.1. The van der Waals surface area contributed by atoms with E-state index in [1.54, 1.807) is 17.0 Å². The van der Waals surface area contributed by atoms with E-state index in [2.05, 4.69) is 15.2 Å². The van der Waals surface area contributed by atoms with E-state index < -0.39 is 5.97 Å². The molecule has 0 unspecified atom stereocenters. The van der Waals surface area contributed by atoms with Gasteiger partial charge in [-0.3, -0.25) is 14.7 Å². The number of pyridine rings is 1. The second-order valence-electron chi connectivity index (χ2n) is 5.83. The van der Waals surface area contributed by atoms with Gasteiger partial charge in [-0.1, -0.05) is 0 Å². The number of carboxylic acids is 1. The zero-order valence-corrected chi connectivity index (χ0v) is 13.0. The molecule has 3 heterocycles. The number of hydrogen-bond acceptors (Lipinski definition) is 5. The summed E-state index contributed by atoms with van der Waals surface area (Å²) in [5.74, 6) is -1.11. The Hall–Kier alpha value is -2.90. The molecule has 3 N–H and O–H groups in total. The number of carbonyl (C=O) groups is 2. The molecule has 0 bridgehead atoms. The number of aromatic amines is 1. The van der Waals surface area contributed by atoms with Gasteiger partial charge in [0.1, 0.15) is 5.75 Å². The normalized spacial score (nSPS) is 15.4. The third-order valence-corrected chi connectivity index (χ3v) is 4.18. The molecule has 2 aromatic rings. The highest BCUT2D eigenvalue weighted by atomic mass is 16.4. The predicted molar refractivity (Wildman–Crippen MR) is 83.7 cm³/mol. The minimum absolute atomic E-state index is 0.0689. The lowest BCUT2D eigenvalue weighted by Gasteiger charge is -2.31. The number of aromatic hydroxyl groups is 1. The molecule has 0 aliphatic carbocycles. The summed E-state index contributed by atoms with van der Waals surface area (Å²) < 4.78 is 0. The first-order valence-corrected chi connectivity index (χ1v) is 7.74. The van der Waals surface area contributed by atoms with Gasteiger partial charge in [0, 0.05) is 30.9 Å². The number of piperidine rings is 1. The highest BCUT2D eigenvalue weighted by molar-refractivity contribution is 5.94. The van der Waals surface area contributed by atoms with Gasteiger partial charge in [-0.05, 0) is 31.0 Å². The van der Waals surface area contributed by atoms with Crippen molar-refractivity contribution in [2.45, 2.75) is 25.2 Å². The van der Waals surface area contributed by atoms with Crippen LogP contribution in [0.15, 0.2) is 24.4 Å². The molecule has 24 heavy (non-hydrogen) atoms. The van der Waals surface area contributed by atoms with Crippen molar-refractivity contribution in [3.05, 3.63) is 41.5 Å². The number of amides is 1. The predicted octanol–water partition coefficient (Wildman–Crippen LogP) is 1.16. The van der Waals surface area contributed by atoms with E-state index >= 15 is 0 Å². The summed E-state index contributed by atoms with van der Waals surface area (Å²) in [5.41, 5.74) is 1.48. The molecule has 0 saturated carbocycles. The Morgan fingerprint density at radius 2 is 2.08 bits per heavy atom. The smallest absolute Gasteiger partial charge is 0.309 e. The molecule has 1 fully saturated rings. The summed E-state index contributed by atoms with van der Waals surface area (Å²) in [6.45, 7) is 1.08. The number of nitrogens with one attached hydrogen (secondary N) is 1. The van der Waals surface area contributed by atoms with Gasteiger partial charge in [0.25, 0.3) is 5.91 Å². The van der Waals surface area contributed by atoms with E-state index in [0.29, 0.717) is 18.8 Å². The number of H-pyrrole nitrogens is 1. The second kappa shape index (κ2) is 6.69. The summed E-state index contributed by atoms with van der Waals surface area (Å²) >= 11 is 0. The molecule has 0 atom stereocenters. The molecule has 3 rings (SSSR count). The molecule has 1 saturated heterocycles. The molecule has 0 aromatic carbocycles. The van der Waals surface area contributed by atoms with Crippen LogP contribution in [0.4, 0.5) is 0 Å². The molecule has 0 radical (unpaired) electrons. The molecule has 2 aromatic heterocycles. The highest BCUT2D eigenvalue weighted by Gasteiger charge is 2.27. The number of carbonyl (C=O) groups excluding carboxylic acids is 1. The third-order valence-electron chi connectivity index (χ3n) is 4.18. The van der Waals surface area contributed by atoms with Gasteiger partial charge in [0.15, 0.2) is 5.69 Å². The summed E-state index contributed by atoms with van der Waals surface area (Å²) in [6, 6.07) is 4.80. The van der Waals surface area contributed by atoms with Gasteiger partial charge in [-0.25, -0.2) is 4.98 Å². The van der Waals surface area contributed by atoms with E-state index in [1.165, 1.54) is 12.3 Å². The third kappa shape index (κ3) is 3.37. The first-order valence-electron chi connectivity index (χ1n) is 7.74. The SMILES string of the molecule is O=C(O)Cc1cc(C2CCN(C(=O)c3ncccc3O)CC2)n[nH]1. The van der Waals surface area contributed by atoms with Gasteiger partial charge in [0.2, 0.25) is 0 Å². The maximum Gasteiger partial charge on any atom is 0.309 e. The Bertz CT molecular complexity index is 750. The van der Waals surface area contributed by atoms with E-state index in [9.17, 15) is 14.7 Å². The average Bonchev–Trinajstić information content (AvgIpc) is 3.02. The summed E-state index contributed by atoms with van der Waals surface area (Å²) in [4.78, 5) is 28.7. The standard InChI is InChI=1S/C16H18N4O4/c21-13-2-1-5-17-15(13)16(24)20-6-3-10(4-7-20)12-8-11(18-19-12)9-14(22)23/h1-2,5,8,10,21H,3-4,6-7,9H2,(H,18,19)(H,22,23). The summed E-state index contributed by atoms with van der Waals surface area (Å²) in [5, 5.41) is 25.5. The molecule has 8 heteroatoms. The Morgan fingerprint density at radius 3 is 2.75 bits per heavy atom. The minimum atomic E-state index is -0.902. The molecule has 0 spiro atoms. The molecule has 1 aliphatic heterocycles. The summed E-state index contributed by atoms with van der Waals surface area (Å²) in [7, 11) is 0.